The number of hydrogen-bond acceptors (Lipinski definition) is 3. The van der Waals surface area contributed by atoms with Crippen LogP contribution >= 0.6 is 11.6 Å². The first-order valence-electron chi connectivity index (χ1n) is 10.3. The summed E-state index contributed by atoms with van der Waals surface area (Å²) in [5.41, 5.74) is 8.53. The van der Waals surface area contributed by atoms with Gasteiger partial charge < -0.3 is 15.0 Å². The van der Waals surface area contributed by atoms with E-state index in [1.54, 1.807) is 13.2 Å². The summed E-state index contributed by atoms with van der Waals surface area (Å²) >= 11 is 6.47. The zero-order chi connectivity index (χ0) is 21.9. The van der Waals surface area contributed by atoms with Crippen LogP contribution in [0.5, 0.6) is 5.75 Å². The Morgan fingerprint density at radius 3 is 2.65 bits per heavy atom. The van der Waals surface area contributed by atoms with E-state index in [-0.39, 0.29) is 11.4 Å². The SMILES string of the molecule is COc1cc(F)ccc1-c1ccc2c3c1CN(c1cccc(Cl)c1C)C3=CC(C)(C)N2. The first-order valence-corrected chi connectivity index (χ1v) is 10.7. The molecule has 0 saturated heterocycles. The minimum absolute atomic E-state index is 0.191. The van der Waals surface area contributed by atoms with Gasteiger partial charge in [0, 0.05) is 45.8 Å². The highest BCUT2D eigenvalue weighted by Crippen LogP contribution is 2.50. The molecule has 2 aliphatic heterocycles. The molecular weight excluding hydrogens is 411 g/mol. The van der Waals surface area contributed by atoms with E-state index in [0.29, 0.717) is 12.3 Å². The number of nitrogens with zero attached hydrogens (tertiary/aromatic N) is 1. The van der Waals surface area contributed by atoms with Gasteiger partial charge in [0.05, 0.1) is 12.6 Å². The molecule has 2 heterocycles. The fourth-order valence-corrected chi connectivity index (χ4v) is 4.87. The average Bonchev–Trinajstić information content (AvgIpc) is 3.09. The Labute approximate surface area is 187 Å². The van der Waals surface area contributed by atoms with Gasteiger partial charge in [0.1, 0.15) is 11.6 Å². The molecule has 0 fully saturated rings. The zero-order valence-electron chi connectivity index (χ0n) is 18.0. The summed E-state index contributed by atoms with van der Waals surface area (Å²) in [4.78, 5) is 2.33. The normalized spacial score (nSPS) is 15.9. The molecule has 1 N–H and O–H groups in total. The molecule has 0 atom stereocenters. The van der Waals surface area contributed by atoms with Gasteiger partial charge in [-0.3, -0.25) is 0 Å². The number of anilines is 2. The van der Waals surface area contributed by atoms with Crippen LogP contribution in [0.25, 0.3) is 16.8 Å². The molecular formula is C26H24ClFN2O. The molecule has 5 heteroatoms. The van der Waals surface area contributed by atoms with E-state index in [4.69, 9.17) is 16.3 Å². The molecule has 0 radical (unpaired) electrons. The highest BCUT2D eigenvalue weighted by molar-refractivity contribution is 6.31. The Morgan fingerprint density at radius 2 is 1.87 bits per heavy atom. The molecule has 0 amide bonds. The number of ether oxygens (including phenoxy) is 1. The van der Waals surface area contributed by atoms with Crippen LogP contribution in [0, 0.1) is 12.7 Å². The van der Waals surface area contributed by atoms with Crippen molar-refractivity contribution in [2.24, 2.45) is 0 Å². The van der Waals surface area contributed by atoms with Crippen LogP contribution in [0.1, 0.15) is 30.5 Å². The summed E-state index contributed by atoms with van der Waals surface area (Å²) in [6.07, 6.45) is 2.28. The van der Waals surface area contributed by atoms with Crippen molar-refractivity contribution >= 4 is 28.7 Å². The molecule has 3 aromatic rings. The van der Waals surface area contributed by atoms with Gasteiger partial charge >= 0.3 is 0 Å². The smallest absolute Gasteiger partial charge is 0.129 e. The lowest BCUT2D eigenvalue weighted by Gasteiger charge is -2.34. The Balaban J connectivity index is 1.75. The first-order chi connectivity index (χ1) is 14.8. The maximum atomic E-state index is 13.8. The van der Waals surface area contributed by atoms with Gasteiger partial charge in [-0.25, -0.2) is 4.39 Å². The molecule has 0 saturated carbocycles. The lowest BCUT2D eigenvalue weighted by Crippen LogP contribution is -2.33. The average molecular weight is 435 g/mol. The van der Waals surface area contributed by atoms with Gasteiger partial charge in [0.15, 0.2) is 0 Å². The van der Waals surface area contributed by atoms with Crippen molar-refractivity contribution in [3.8, 4) is 16.9 Å². The molecule has 0 spiro atoms. The fourth-order valence-electron chi connectivity index (χ4n) is 4.71. The lowest BCUT2D eigenvalue weighted by atomic mass is 9.89. The summed E-state index contributed by atoms with van der Waals surface area (Å²) in [6, 6.07) is 15.0. The van der Waals surface area contributed by atoms with E-state index in [0.717, 1.165) is 33.1 Å². The monoisotopic (exact) mass is 434 g/mol. The van der Waals surface area contributed by atoms with Crippen molar-refractivity contribution < 1.29 is 9.13 Å². The quantitative estimate of drug-likeness (QED) is 0.479. The fraction of sp³-hybridized carbons (Fsp3) is 0.231. The Bertz CT molecular complexity index is 1250. The third-order valence-corrected chi connectivity index (χ3v) is 6.52. The molecule has 0 aromatic heterocycles. The second kappa shape index (κ2) is 7.03. The van der Waals surface area contributed by atoms with Crippen LogP contribution in [0.3, 0.4) is 0 Å². The Hall–Kier alpha value is -2.98. The number of benzene rings is 3. The molecule has 3 nitrogen and oxygen atoms in total. The molecule has 0 bridgehead atoms. The summed E-state index contributed by atoms with van der Waals surface area (Å²) in [6.45, 7) is 7.09. The highest BCUT2D eigenvalue weighted by Gasteiger charge is 2.36. The van der Waals surface area contributed by atoms with Crippen LogP contribution in [-0.4, -0.2) is 12.6 Å². The lowest BCUT2D eigenvalue weighted by molar-refractivity contribution is 0.413. The third kappa shape index (κ3) is 3.17. The van der Waals surface area contributed by atoms with E-state index >= 15 is 0 Å². The van der Waals surface area contributed by atoms with Crippen molar-refractivity contribution in [2.45, 2.75) is 32.9 Å². The Morgan fingerprint density at radius 1 is 1.10 bits per heavy atom. The third-order valence-electron chi connectivity index (χ3n) is 6.11. The van der Waals surface area contributed by atoms with Gasteiger partial charge in [-0.05, 0) is 73.9 Å². The van der Waals surface area contributed by atoms with Crippen molar-refractivity contribution in [1.29, 1.82) is 0 Å². The summed E-state index contributed by atoms with van der Waals surface area (Å²) < 4.78 is 19.4. The minimum atomic E-state index is -0.310. The molecule has 158 valence electrons. The molecule has 0 unspecified atom stereocenters. The number of nitrogens with one attached hydrogen (secondary N) is 1. The second-order valence-corrected chi connectivity index (χ2v) is 9.11. The van der Waals surface area contributed by atoms with E-state index in [1.807, 2.05) is 12.1 Å². The molecule has 2 aliphatic rings. The summed E-state index contributed by atoms with van der Waals surface area (Å²) in [5.74, 6) is 0.221. The zero-order valence-corrected chi connectivity index (χ0v) is 18.8. The topological polar surface area (TPSA) is 24.5 Å². The van der Waals surface area contributed by atoms with E-state index < -0.39 is 0 Å². The largest absolute Gasteiger partial charge is 0.496 e. The van der Waals surface area contributed by atoms with Crippen molar-refractivity contribution in [3.05, 3.63) is 82.1 Å². The highest BCUT2D eigenvalue weighted by atomic mass is 35.5. The van der Waals surface area contributed by atoms with Gasteiger partial charge in [-0.2, -0.15) is 0 Å². The van der Waals surface area contributed by atoms with Crippen LogP contribution in [0.4, 0.5) is 15.8 Å². The maximum absolute atomic E-state index is 13.8. The second-order valence-electron chi connectivity index (χ2n) is 8.71. The van der Waals surface area contributed by atoms with Gasteiger partial charge in [-0.15, -0.1) is 0 Å². The van der Waals surface area contributed by atoms with Gasteiger partial charge in [0.2, 0.25) is 0 Å². The molecule has 0 aliphatic carbocycles. The van der Waals surface area contributed by atoms with Crippen LogP contribution < -0.4 is 15.0 Å². The number of methoxy groups -OCH3 is 1. The first kappa shape index (κ1) is 20.0. The number of hydrogen-bond donors (Lipinski definition) is 1. The summed E-state index contributed by atoms with van der Waals surface area (Å²) in [5, 5.41) is 4.39. The van der Waals surface area contributed by atoms with Crippen molar-refractivity contribution in [3.63, 3.8) is 0 Å². The number of rotatable bonds is 3. The van der Waals surface area contributed by atoms with Crippen LogP contribution in [-0.2, 0) is 6.54 Å². The molecule has 3 aromatic carbocycles. The van der Waals surface area contributed by atoms with Crippen LogP contribution in [0.2, 0.25) is 5.02 Å². The van der Waals surface area contributed by atoms with Gasteiger partial charge in [0.25, 0.3) is 0 Å². The van der Waals surface area contributed by atoms with E-state index in [1.165, 1.54) is 29.0 Å². The predicted octanol–water partition coefficient (Wildman–Crippen LogP) is 7.03. The Kier molecular flexibility index (Phi) is 4.52. The predicted molar refractivity (Wildman–Crippen MR) is 126 cm³/mol. The number of halogens is 2. The molecule has 5 rings (SSSR count). The van der Waals surface area contributed by atoms with Gasteiger partial charge in [-0.1, -0.05) is 23.7 Å². The van der Waals surface area contributed by atoms with E-state index in [9.17, 15) is 4.39 Å². The summed E-state index contributed by atoms with van der Waals surface area (Å²) in [7, 11) is 1.58. The van der Waals surface area contributed by atoms with Crippen molar-refractivity contribution in [1.82, 2.24) is 0 Å². The molecule has 31 heavy (non-hydrogen) atoms. The maximum Gasteiger partial charge on any atom is 0.129 e. The van der Waals surface area contributed by atoms with E-state index in [2.05, 4.69) is 55.3 Å². The van der Waals surface area contributed by atoms with Crippen LogP contribution in [0.15, 0.2) is 54.6 Å². The minimum Gasteiger partial charge on any atom is -0.496 e. The standard InChI is InChI=1S/C26H24ClFN2O/c1-15-20(27)6-5-7-22(15)30-14-19-17(18-9-8-16(28)12-24(18)31-4)10-11-21-25(19)23(30)13-26(2,3)29-21/h5-13,29H,14H2,1-4H3. The van der Waals surface area contributed by atoms with Crippen molar-refractivity contribution in [2.75, 3.05) is 17.3 Å².